The van der Waals surface area contributed by atoms with E-state index in [1.165, 1.54) is 24.3 Å². The molecule has 2 aliphatic heterocycles. The molecule has 13 heteroatoms. The van der Waals surface area contributed by atoms with Crippen molar-refractivity contribution in [2.45, 2.75) is 30.9 Å². The number of morpholine rings is 1. The Morgan fingerprint density at radius 3 is 2.46 bits per heavy atom. The average Bonchev–Trinajstić information content (AvgIpc) is 2.79. The molecule has 1 unspecified atom stereocenters. The van der Waals surface area contributed by atoms with E-state index in [4.69, 9.17) is 4.74 Å². The van der Waals surface area contributed by atoms with Crippen LogP contribution in [-0.2, 0) is 20.5 Å². The highest BCUT2D eigenvalue weighted by Crippen LogP contribution is 2.33. The van der Waals surface area contributed by atoms with E-state index >= 15 is 0 Å². The number of halogens is 4. The van der Waals surface area contributed by atoms with Gasteiger partial charge in [0.1, 0.15) is 17.7 Å². The standard InChI is InChI=1S/C22H26F4N4O4S/c1-15-13-34-9-8-29(15)18-10-20(27-21(31)11-18)30-7-6-28(12-19(30)22(24,25)26)35(32,33)14-16-2-4-17(23)5-3-16/h2-5,10-11,15,19H,6-9,12-14H2,1H3,(H,27,31)/t15-,19?/m1/s1. The summed E-state index contributed by atoms with van der Waals surface area (Å²) in [5, 5.41) is 0. The number of rotatable bonds is 5. The Hall–Kier alpha value is -2.64. The Kier molecular flexibility index (Phi) is 7.11. The number of piperazine rings is 1. The monoisotopic (exact) mass is 518 g/mol. The molecule has 2 fully saturated rings. The third-order valence-electron chi connectivity index (χ3n) is 6.20. The van der Waals surface area contributed by atoms with Gasteiger partial charge < -0.3 is 19.5 Å². The maximum Gasteiger partial charge on any atom is 0.410 e. The van der Waals surface area contributed by atoms with Crippen molar-refractivity contribution in [3.05, 3.63) is 58.1 Å². The van der Waals surface area contributed by atoms with Gasteiger partial charge in [0.15, 0.2) is 0 Å². The number of anilines is 2. The number of nitrogens with zero attached hydrogens (tertiary/aromatic N) is 3. The maximum absolute atomic E-state index is 14.1. The van der Waals surface area contributed by atoms with Gasteiger partial charge in [-0.2, -0.15) is 17.5 Å². The first-order valence-electron chi connectivity index (χ1n) is 11.1. The highest BCUT2D eigenvalue weighted by molar-refractivity contribution is 7.88. The van der Waals surface area contributed by atoms with E-state index in [0.29, 0.717) is 25.4 Å². The minimum absolute atomic E-state index is 0.0240. The number of aromatic amines is 1. The van der Waals surface area contributed by atoms with Crippen molar-refractivity contribution < 1.29 is 30.7 Å². The molecule has 3 heterocycles. The normalized spacial score (nSPS) is 22.4. The van der Waals surface area contributed by atoms with Gasteiger partial charge in [0.2, 0.25) is 10.0 Å². The van der Waals surface area contributed by atoms with Gasteiger partial charge in [-0.1, -0.05) is 12.1 Å². The van der Waals surface area contributed by atoms with Crippen LogP contribution in [0.2, 0.25) is 0 Å². The predicted molar refractivity (Wildman–Crippen MR) is 122 cm³/mol. The zero-order chi connectivity index (χ0) is 25.4. The van der Waals surface area contributed by atoms with Gasteiger partial charge in [-0.25, -0.2) is 12.8 Å². The maximum atomic E-state index is 14.1. The summed E-state index contributed by atoms with van der Waals surface area (Å²) in [5.74, 6) is -1.11. The number of nitrogens with one attached hydrogen (secondary N) is 1. The quantitative estimate of drug-likeness (QED) is 0.612. The van der Waals surface area contributed by atoms with Gasteiger partial charge in [-0.3, -0.25) is 4.79 Å². The SMILES string of the molecule is C[C@@H]1COCCN1c1cc(N2CCN(S(=O)(=O)Cc3ccc(F)cc3)CC2C(F)(F)F)[nH]c(=O)c1. The van der Waals surface area contributed by atoms with Crippen LogP contribution in [0.1, 0.15) is 12.5 Å². The molecule has 2 aliphatic rings. The Bertz CT molecular complexity index is 1200. The fourth-order valence-electron chi connectivity index (χ4n) is 4.41. The zero-order valence-electron chi connectivity index (χ0n) is 19.0. The lowest BCUT2D eigenvalue weighted by atomic mass is 10.1. The molecule has 35 heavy (non-hydrogen) atoms. The number of benzene rings is 1. The van der Waals surface area contributed by atoms with Crippen LogP contribution >= 0.6 is 0 Å². The molecule has 0 aliphatic carbocycles. The van der Waals surface area contributed by atoms with E-state index in [-0.39, 0.29) is 30.5 Å². The molecule has 1 N–H and O–H groups in total. The number of H-pyrrole nitrogens is 1. The largest absolute Gasteiger partial charge is 0.410 e. The molecule has 0 spiro atoms. The second kappa shape index (κ2) is 9.78. The molecule has 2 aromatic rings. The number of hydrogen-bond donors (Lipinski definition) is 1. The summed E-state index contributed by atoms with van der Waals surface area (Å²) in [6.45, 7) is 1.94. The van der Waals surface area contributed by atoms with Gasteiger partial charge in [0.25, 0.3) is 5.56 Å². The van der Waals surface area contributed by atoms with Crippen molar-refractivity contribution in [1.29, 1.82) is 0 Å². The molecule has 0 saturated carbocycles. The van der Waals surface area contributed by atoms with Gasteiger partial charge in [0, 0.05) is 50.0 Å². The van der Waals surface area contributed by atoms with E-state index in [1.54, 1.807) is 0 Å². The summed E-state index contributed by atoms with van der Waals surface area (Å²) in [6.07, 6.45) is -4.76. The lowest BCUT2D eigenvalue weighted by molar-refractivity contribution is -0.153. The van der Waals surface area contributed by atoms with Crippen molar-refractivity contribution in [2.75, 3.05) is 49.2 Å². The molecular weight excluding hydrogens is 492 g/mol. The van der Waals surface area contributed by atoms with Crippen molar-refractivity contribution in [3.8, 4) is 0 Å². The van der Waals surface area contributed by atoms with Crippen LogP contribution in [0, 0.1) is 5.82 Å². The van der Waals surface area contributed by atoms with E-state index in [2.05, 4.69) is 4.98 Å². The molecule has 0 bridgehead atoms. The summed E-state index contributed by atoms with van der Waals surface area (Å²) in [4.78, 5) is 17.7. The third kappa shape index (κ3) is 5.78. The molecule has 2 atom stereocenters. The molecule has 4 rings (SSSR count). The van der Waals surface area contributed by atoms with Crippen molar-refractivity contribution in [3.63, 3.8) is 0 Å². The highest BCUT2D eigenvalue weighted by atomic mass is 32.2. The molecule has 0 amide bonds. The van der Waals surface area contributed by atoms with Crippen LogP contribution in [0.5, 0.6) is 0 Å². The lowest BCUT2D eigenvalue weighted by Gasteiger charge is -2.42. The summed E-state index contributed by atoms with van der Waals surface area (Å²) in [6, 6.07) is 5.36. The summed E-state index contributed by atoms with van der Waals surface area (Å²) in [7, 11) is -4.10. The fourth-order valence-corrected chi connectivity index (χ4v) is 5.93. The van der Waals surface area contributed by atoms with Crippen LogP contribution in [-0.4, -0.2) is 75.4 Å². The lowest BCUT2D eigenvalue weighted by Crippen LogP contribution is -2.60. The van der Waals surface area contributed by atoms with Crippen LogP contribution < -0.4 is 15.4 Å². The molecule has 0 radical (unpaired) electrons. The van der Waals surface area contributed by atoms with E-state index < -0.39 is 45.9 Å². The Morgan fingerprint density at radius 1 is 1.09 bits per heavy atom. The molecular formula is C22H26F4N4O4S. The van der Waals surface area contributed by atoms with Gasteiger partial charge in [0.05, 0.1) is 19.0 Å². The zero-order valence-corrected chi connectivity index (χ0v) is 19.8. The Morgan fingerprint density at radius 2 is 1.80 bits per heavy atom. The number of sulfonamides is 1. The molecule has 192 valence electrons. The molecule has 1 aromatic carbocycles. The van der Waals surface area contributed by atoms with Crippen molar-refractivity contribution in [1.82, 2.24) is 9.29 Å². The van der Waals surface area contributed by atoms with Crippen molar-refractivity contribution >= 4 is 21.5 Å². The number of alkyl halides is 3. The number of aromatic nitrogens is 1. The third-order valence-corrected chi connectivity index (χ3v) is 8.02. The molecule has 2 saturated heterocycles. The molecule has 8 nitrogen and oxygen atoms in total. The minimum Gasteiger partial charge on any atom is -0.377 e. The second-order valence-corrected chi connectivity index (χ2v) is 10.7. The van der Waals surface area contributed by atoms with Crippen molar-refractivity contribution in [2.24, 2.45) is 0 Å². The summed E-state index contributed by atoms with van der Waals surface area (Å²) in [5.41, 5.74) is 0.198. The second-order valence-electron chi connectivity index (χ2n) is 8.70. The van der Waals surface area contributed by atoms with Crippen LogP contribution in [0.25, 0.3) is 0 Å². The topological polar surface area (TPSA) is 85.9 Å². The number of hydrogen-bond acceptors (Lipinski definition) is 6. The van der Waals surface area contributed by atoms with Crippen LogP contribution in [0.15, 0.2) is 41.2 Å². The smallest absolute Gasteiger partial charge is 0.377 e. The van der Waals surface area contributed by atoms with E-state index in [0.717, 1.165) is 21.3 Å². The minimum atomic E-state index is -4.76. The van der Waals surface area contributed by atoms with Gasteiger partial charge in [-0.05, 0) is 24.6 Å². The summed E-state index contributed by atoms with van der Waals surface area (Å²) >= 11 is 0. The highest BCUT2D eigenvalue weighted by Gasteiger charge is 2.49. The first kappa shape index (κ1) is 25.5. The van der Waals surface area contributed by atoms with Crippen LogP contribution in [0.3, 0.4) is 0 Å². The molecule has 1 aromatic heterocycles. The predicted octanol–water partition coefficient (Wildman–Crippen LogP) is 2.32. The van der Waals surface area contributed by atoms with E-state index in [9.17, 15) is 30.8 Å². The first-order chi connectivity index (χ1) is 16.4. The van der Waals surface area contributed by atoms with Gasteiger partial charge >= 0.3 is 6.18 Å². The Balaban J connectivity index is 1.59. The number of ether oxygens (including phenoxy) is 1. The average molecular weight is 519 g/mol. The fraction of sp³-hybridized carbons (Fsp3) is 0.500. The van der Waals surface area contributed by atoms with Crippen LogP contribution in [0.4, 0.5) is 29.1 Å². The first-order valence-corrected chi connectivity index (χ1v) is 12.7. The number of pyridine rings is 1. The summed E-state index contributed by atoms with van der Waals surface area (Å²) < 4.78 is 87.4. The Labute approximate surface area is 200 Å². The van der Waals surface area contributed by atoms with Gasteiger partial charge in [-0.15, -0.1) is 0 Å². The van der Waals surface area contributed by atoms with E-state index in [1.807, 2.05) is 11.8 Å².